The van der Waals surface area contributed by atoms with Gasteiger partial charge in [-0.25, -0.2) is 0 Å². The van der Waals surface area contributed by atoms with Crippen molar-refractivity contribution < 1.29 is 13.2 Å². The van der Waals surface area contributed by atoms with Crippen LogP contribution in [0.1, 0.15) is 16.7 Å². The van der Waals surface area contributed by atoms with Gasteiger partial charge in [-0.05, 0) is 29.8 Å². The summed E-state index contributed by atoms with van der Waals surface area (Å²) < 4.78 is 38.0. The maximum atomic E-state index is 12.7. The predicted octanol–water partition coefficient (Wildman–Crippen LogP) is 4.84. The predicted molar refractivity (Wildman–Crippen MR) is 74.9 cm³/mol. The lowest BCUT2D eigenvalue weighted by Crippen LogP contribution is -2.08. The van der Waals surface area contributed by atoms with Crippen LogP contribution in [0.25, 0.3) is 0 Å². The highest BCUT2D eigenvalue weighted by Gasteiger charge is 2.33. The quantitative estimate of drug-likeness (QED) is 0.880. The summed E-state index contributed by atoms with van der Waals surface area (Å²) in [5.74, 6) is 0. The molecular weight excluding hydrogens is 301 g/mol. The molecule has 0 spiro atoms. The van der Waals surface area contributed by atoms with Gasteiger partial charge in [0.25, 0.3) is 0 Å². The number of alkyl halides is 3. The SMILES string of the molecule is N#Cc1cc(NCc2ccccc2Cl)ccc1C(F)(F)F. The van der Waals surface area contributed by atoms with Crippen molar-refractivity contribution >= 4 is 17.3 Å². The third-order valence-electron chi connectivity index (χ3n) is 2.89. The summed E-state index contributed by atoms with van der Waals surface area (Å²) in [6.07, 6.45) is -4.54. The maximum Gasteiger partial charge on any atom is 0.417 e. The molecule has 0 aliphatic rings. The molecule has 0 heterocycles. The molecule has 0 aromatic heterocycles. The van der Waals surface area contributed by atoms with Crippen molar-refractivity contribution in [3.63, 3.8) is 0 Å². The van der Waals surface area contributed by atoms with Crippen LogP contribution in [0, 0.1) is 11.3 Å². The maximum absolute atomic E-state index is 12.7. The Labute approximate surface area is 124 Å². The van der Waals surface area contributed by atoms with E-state index in [1.165, 1.54) is 12.1 Å². The Morgan fingerprint density at radius 3 is 2.48 bits per heavy atom. The minimum atomic E-state index is -4.54. The van der Waals surface area contributed by atoms with Crippen LogP contribution in [0.2, 0.25) is 5.02 Å². The van der Waals surface area contributed by atoms with Gasteiger partial charge in [0.1, 0.15) is 0 Å². The smallest absolute Gasteiger partial charge is 0.381 e. The molecule has 0 saturated heterocycles. The van der Waals surface area contributed by atoms with Crippen molar-refractivity contribution in [1.82, 2.24) is 0 Å². The van der Waals surface area contributed by atoms with E-state index in [0.717, 1.165) is 11.6 Å². The third kappa shape index (κ3) is 3.67. The molecule has 0 unspecified atom stereocenters. The number of halogens is 4. The first-order chi connectivity index (χ1) is 9.91. The Morgan fingerprint density at radius 1 is 1.14 bits per heavy atom. The second-order valence-corrected chi connectivity index (χ2v) is 4.72. The van der Waals surface area contributed by atoms with Gasteiger partial charge in [-0.2, -0.15) is 18.4 Å². The van der Waals surface area contributed by atoms with E-state index in [1.54, 1.807) is 18.2 Å². The summed E-state index contributed by atoms with van der Waals surface area (Å²) in [5.41, 5.74) is -0.100. The van der Waals surface area contributed by atoms with Crippen molar-refractivity contribution in [2.75, 3.05) is 5.32 Å². The second-order valence-electron chi connectivity index (χ2n) is 4.31. The number of rotatable bonds is 3. The molecule has 1 N–H and O–H groups in total. The average molecular weight is 311 g/mol. The van der Waals surface area contributed by atoms with Crippen LogP contribution < -0.4 is 5.32 Å². The van der Waals surface area contributed by atoms with Crippen LogP contribution in [0.5, 0.6) is 0 Å². The molecule has 6 heteroatoms. The second kappa shape index (κ2) is 6.06. The van der Waals surface area contributed by atoms with Gasteiger partial charge in [-0.3, -0.25) is 0 Å². The normalized spacial score (nSPS) is 11.0. The Morgan fingerprint density at radius 2 is 1.86 bits per heavy atom. The first kappa shape index (κ1) is 15.2. The zero-order valence-electron chi connectivity index (χ0n) is 10.7. The number of hydrogen-bond acceptors (Lipinski definition) is 2. The fraction of sp³-hybridized carbons (Fsp3) is 0.133. The molecular formula is C15H10ClF3N2. The molecule has 108 valence electrons. The summed E-state index contributed by atoms with van der Waals surface area (Å²) in [6, 6.07) is 12.1. The summed E-state index contributed by atoms with van der Waals surface area (Å²) in [6.45, 7) is 0.357. The van der Waals surface area contributed by atoms with Gasteiger partial charge in [-0.15, -0.1) is 0 Å². The standard InChI is InChI=1S/C15H10ClF3N2/c16-14-4-2-1-3-10(14)9-21-12-5-6-13(15(17,18)19)11(7-12)8-20/h1-7,21H,9H2. The monoisotopic (exact) mass is 310 g/mol. The van der Waals surface area contributed by atoms with Crippen molar-refractivity contribution in [2.45, 2.75) is 12.7 Å². The average Bonchev–Trinajstić information content (AvgIpc) is 2.45. The lowest BCUT2D eigenvalue weighted by atomic mass is 10.1. The molecule has 0 radical (unpaired) electrons. The van der Waals surface area contributed by atoms with E-state index in [9.17, 15) is 13.2 Å². The molecule has 21 heavy (non-hydrogen) atoms. The van der Waals surface area contributed by atoms with Crippen LogP contribution in [-0.2, 0) is 12.7 Å². The van der Waals surface area contributed by atoms with Crippen LogP contribution in [-0.4, -0.2) is 0 Å². The van der Waals surface area contributed by atoms with Gasteiger partial charge in [0.05, 0.1) is 17.2 Å². The van der Waals surface area contributed by atoms with E-state index < -0.39 is 17.3 Å². The minimum absolute atomic E-state index is 0.357. The first-order valence-corrected chi connectivity index (χ1v) is 6.38. The number of anilines is 1. The van der Waals surface area contributed by atoms with Gasteiger partial charge < -0.3 is 5.32 Å². The lowest BCUT2D eigenvalue weighted by molar-refractivity contribution is -0.137. The molecule has 0 amide bonds. The van der Waals surface area contributed by atoms with Crippen LogP contribution in [0.15, 0.2) is 42.5 Å². The fourth-order valence-electron chi connectivity index (χ4n) is 1.83. The Balaban J connectivity index is 2.19. The van der Waals surface area contributed by atoms with E-state index in [0.29, 0.717) is 17.3 Å². The molecule has 0 aliphatic carbocycles. The summed E-state index contributed by atoms with van der Waals surface area (Å²) >= 11 is 5.99. The number of nitriles is 1. The molecule has 0 bridgehead atoms. The van der Waals surface area contributed by atoms with Crippen LogP contribution in [0.3, 0.4) is 0 Å². The molecule has 0 atom stereocenters. The number of nitrogens with one attached hydrogen (secondary N) is 1. The Kier molecular flexibility index (Phi) is 4.39. The van der Waals surface area contributed by atoms with Gasteiger partial charge in [0.15, 0.2) is 0 Å². The van der Waals surface area contributed by atoms with Crippen LogP contribution >= 0.6 is 11.6 Å². The fourth-order valence-corrected chi connectivity index (χ4v) is 2.04. The van der Waals surface area contributed by atoms with E-state index in [4.69, 9.17) is 16.9 Å². The molecule has 0 saturated carbocycles. The molecule has 0 aliphatic heterocycles. The van der Waals surface area contributed by atoms with E-state index in [-0.39, 0.29) is 0 Å². The van der Waals surface area contributed by atoms with Crippen molar-refractivity contribution in [3.05, 3.63) is 64.2 Å². The molecule has 2 aromatic rings. The lowest BCUT2D eigenvalue weighted by Gasteiger charge is -2.12. The zero-order valence-corrected chi connectivity index (χ0v) is 11.5. The van der Waals surface area contributed by atoms with Crippen molar-refractivity contribution in [2.24, 2.45) is 0 Å². The molecule has 0 fully saturated rings. The number of hydrogen-bond donors (Lipinski definition) is 1. The molecule has 2 nitrogen and oxygen atoms in total. The highest BCUT2D eigenvalue weighted by molar-refractivity contribution is 6.31. The van der Waals surface area contributed by atoms with Crippen LogP contribution in [0.4, 0.5) is 18.9 Å². The van der Waals surface area contributed by atoms with Gasteiger partial charge in [-0.1, -0.05) is 29.8 Å². The summed E-state index contributed by atoms with van der Waals surface area (Å²) in [4.78, 5) is 0. The molecule has 2 rings (SSSR count). The van der Waals surface area contributed by atoms with Gasteiger partial charge in [0.2, 0.25) is 0 Å². The van der Waals surface area contributed by atoms with Crippen molar-refractivity contribution in [3.8, 4) is 6.07 Å². The minimum Gasteiger partial charge on any atom is -0.381 e. The zero-order chi connectivity index (χ0) is 15.5. The Hall–Kier alpha value is -2.19. The summed E-state index contributed by atoms with van der Waals surface area (Å²) in [7, 11) is 0. The highest BCUT2D eigenvalue weighted by atomic mass is 35.5. The van der Waals surface area contributed by atoms with E-state index in [1.807, 2.05) is 12.1 Å². The first-order valence-electron chi connectivity index (χ1n) is 6.00. The number of benzene rings is 2. The van der Waals surface area contributed by atoms with E-state index >= 15 is 0 Å². The topological polar surface area (TPSA) is 35.8 Å². The van der Waals surface area contributed by atoms with E-state index in [2.05, 4.69) is 5.32 Å². The highest BCUT2D eigenvalue weighted by Crippen LogP contribution is 2.33. The van der Waals surface area contributed by atoms with Crippen molar-refractivity contribution in [1.29, 1.82) is 5.26 Å². The largest absolute Gasteiger partial charge is 0.417 e. The van der Waals surface area contributed by atoms with Gasteiger partial charge in [0, 0.05) is 17.3 Å². The number of nitrogens with zero attached hydrogens (tertiary/aromatic N) is 1. The summed E-state index contributed by atoms with van der Waals surface area (Å²) in [5, 5.41) is 12.4. The molecule has 2 aromatic carbocycles. The third-order valence-corrected chi connectivity index (χ3v) is 3.25. The Bertz CT molecular complexity index is 690. The van der Waals surface area contributed by atoms with Gasteiger partial charge >= 0.3 is 6.18 Å².